The number of benzene rings is 1. The maximum absolute atomic E-state index is 11.7. The number of carbonyl (C=O) groups is 2. The minimum atomic E-state index is -0.371. The maximum Gasteiger partial charge on any atom is 0.233 e. The van der Waals surface area contributed by atoms with E-state index in [1.165, 1.54) is 7.11 Å². The van der Waals surface area contributed by atoms with Crippen molar-refractivity contribution in [2.75, 3.05) is 19.0 Å². The Morgan fingerprint density at radius 3 is 2.62 bits per heavy atom. The maximum atomic E-state index is 11.7. The summed E-state index contributed by atoms with van der Waals surface area (Å²) in [6, 6.07) is 4.90. The van der Waals surface area contributed by atoms with Crippen molar-refractivity contribution in [2.24, 2.45) is 0 Å². The van der Waals surface area contributed by atoms with Crippen LogP contribution >= 0.6 is 11.6 Å². The van der Waals surface area contributed by atoms with Gasteiger partial charge in [0.1, 0.15) is 12.2 Å². The van der Waals surface area contributed by atoms with Gasteiger partial charge in [-0.05, 0) is 24.6 Å². The number of nitrogens with one attached hydrogen (secondary N) is 2. The lowest BCUT2D eigenvalue weighted by atomic mass is 10.2. The van der Waals surface area contributed by atoms with E-state index in [0.29, 0.717) is 23.0 Å². The predicted molar refractivity (Wildman–Crippen MR) is 83.8 cm³/mol. The van der Waals surface area contributed by atoms with E-state index in [2.05, 4.69) is 17.6 Å². The van der Waals surface area contributed by atoms with Crippen molar-refractivity contribution in [2.45, 2.75) is 32.6 Å². The number of halogens is 1. The van der Waals surface area contributed by atoms with Crippen LogP contribution in [0.5, 0.6) is 5.75 Å². The Morgan fingerprint density at radius 1 is 1.24 bits per heavy atom. The van der Waals surface area contributed by atoms with Crippen LogP contribution in [-0.2, 0) is 9.59 Å². The molecule has 0 radical (unpaired) electrons. The first-order valence-electron chi connectivity index (χ1n) is 6.97. The number of carbonyl (C=O) groups excluding carboxylic acids is 2. The molecule has 116 valence electrons. The molecule has 0 aromatic heterocycles. The Kier molecular flexibility index (Phi) is 7.61. The van der Waals surface area contributed by atoms with Crippen LogP contribution in [0.15, 0.2) is 18.2 Å². The standard InChI is InChI=1S/C15H21ClN2O3/c1-3-4-5-8-17-14(19)10-15(20)18-11-6-7-13(21-2)12(16)9-11/h6-7,9H,3-5,8,10H2,1-2H3,(H,17,19)(H,18,20). The summed E-state index contributed by atoms with van der Waals surface area (Å²) in [5, 5.41) is 5.75. The number of ether oxygens (including phenoxy) is 1. The number of anilines is 1. The second kappa shape index (κ2) is 9.23. The molecule has 0 bridgehead atoms. The number of methoxy groups -OCH3 is 1. The summed E-state index contributed by atoms with van der Waals surface area (Å²) in [4.78, 5) is 23.3. The summed E-state index contributed by atoms with van der Waals surface area (Å²) < 4.78 is 5.02. The van der Waals surface area contributed by atoms with Gasteiger partial charge in [0.2, 0.25) is 11.8 Å². The van der Waals surface area contributed by atoms with Gasteiger partial charge >= 0.3 is 0 Å². The fraction of sp³-hybridized carbons (Fsp3) is 0.467. The average molecular weight is 313 g/mol. The van der Waals surface area contributed by atoms with Crippen LogP contribution < -0.4 is 15.4 Å². The van der Waals surface area contributed by atoms with Gasteiger partial charge < -0.3 is 15.4 Å². The van der Waals surface area contributed by atoms with Gasteiger partial charge in [0.25, 0.3) is 0 Å². The Labute approximate surface area is 130 Å². The zero-order valence-electron chi connectivity index (χ0n) is 12.4. The molecular formula is C15H21ClN2O3. The molecule has 0 saturated heterocycles. The van der Waals surface area contributed by atoms with Crippen molar-refractivity contribution >= 4 is 29.1 Å². The molecule has 0 fully saturated rings. The normalized spacial score (nSPS) is 10.0. The molecule has 21 heavy (non-hydrogen) atoms. The third-order valence-corrected chi connectivity index (χ3v) is 3.15. The Bertz CT molecular complexity index is 492. The first-order valence-corrected chi connectivity index (χ1v) is 7.34. The molecule has 2 amide bonds. The quantitative estimate of drug-likeness (QED) is 0.573. The van der Waals surface area contributed by atoms with E-state index in [1.807, 2.05) is 0 Å². The number of amides is 2. The van der Waals surface area contributed by atoms with E-state index in [9.17, 15) is 9.59 Å². The molecule has 6 heteroatoms. The van der Waals surface area contributed by atoms with Gasteiger partial charge in [-0.15, -0.1) is 0 Å². The van der Waals surface area contributed by atoms with E-state index < -0.39 is 0 Å². The lowest BCUT2D eigenvalue weighted by Gasteiger charge is -2.08. The second-order valence-corrected chi connectivity index (χ2v) is 5.04. The fourth-order valence-corrected chi connectivity index (χ4v) is 2.02. The summed E-state index contributed by atoms with van der Waals surface area (Å²) in [5.41, 5.74) is 0.532. The van der Waals surface area contributed by atoms with Crippen LogP contribution in [0, 0.1) is 0 Å². The van der Waals surface area contributed by atoms with Gasteiger partial charge in [-0.25, -0.2) is 0 Å². The van der Waals surface area contributed by atoms with Gasteiger partial charge in [-0.3, -0.25) is 9.59 Å². The zero-order valence-corrected chi connectivity index (χ0v) is 13.1. The summed E-state index contributed by atoms with van der Waals surface area (Å²) in [7, 11) is 1.52. The Morgan fingerprint density at radius 2 is 2.00 bits per heavy atom. The van der Waals surface area contributed by atoms with Crippen LogP contribution in [0.2, 0.25) is 5.02 Å². The molecule has 0 aliphatic rings. The SMILES string of the molecule is CCCCCNC(=O)CC(=O)Nc1ccc(OC)c(Cl)c1. The topological polar surface area (TPSA) is 67.4 Å². The van der Waals surface area contributed by atoms with E-state index in [0.717, 1.165) is 19.3 Å². The van der Waals surface area contributed by atoms with Crippen LogP contribution in [-0.4, -0.2) is 25.5 Å². The van der Waals surface area contributed by atoms with Crippen molar-refractivity contribution in [3.63, 3.8) is 0 Å². The molecular weight excluding hydrogens is 292 g/mol. The third kappa shape index (κ3) is 6.49. The number of rotatable bonds is 8. The molecule has 0 atom stereocenters. The molecule has 1 rings (SSSR count). The van der Waals surface area contributed by atoms with E-state index in [1.54, 1.807) is 18.2 Å². The highest BCUT2D eigenvalue weighted by molar-refractivity contribution is 6.32. The molecule has 0 aliphatic heterocycles. The molecule has 1 aromatic rings. The molecule has 0 unspecified atom stereocenters. The smallest absolute Gasteiger partial charge is 0.233 e. The lowest BCUT2D eigenvalue weighted by Crippen LogP contribution is -2.28. The van der Waals surface area contributed by atoms with Crippen molar-refractivity contribution in [3.05, 3.63) is 23.2 Å². The van der Waals surface area contributed by atoms with Crippen LogP contribution in [0.1, 0.15) is 32.6 Å². The van der Waals surface area contributed by atoms with Gasteiger partial charge in [0.05, 0.1) is 12.1 Å². The van der Waals surface area contributed by atoms with Gasteiger partial charge in [0.15, 0.2) is 0 Å². The largest absolute Gasteiger partial charge is 0.495 e. The fourth-order valence-electron chi connectivity index (χ4n) is 1.76. The molecule has 2 N–H and O–H groups in total. The van der Waals surface area contributed by atoms with Crippen LogP contribution in [0.25, 0.3) is 0 Å². The number of hydrogen-bond acceptors (Lipinski definition) is 3. The van der Waals surface area contributed by atoms with E-state index in [-0.39, 0.29) is 18.2 Å². The van der Waals surface area contributed by atoms with Gasteiger partial charge in [-0.1, -0.05) is 31.4 Å². The number of unbranched alkanes of at least 4 members (excludes halogenated alkanes) is 2. The molecule has 1 aromatic carbocycles. The molecule has 0 saturated carbocycles. The average Bonchev–Trinajstić information content (AvgIpc) is 2.43. The summed E-state index contributed by atoms with van der Waals surface area (Å²) in [5.74, 6) is -0.115. The second-order valence-electron chi connectivity index (χ2n) is 4.63. The lowest BCUT2D eigenvalue weighted by molar-refractivity contribution is -0.126. The van der Waals surface area contributed by atoms with Gasteiger partial charge in [0, 0.05) is 12.2 Å². The molecule has 0 heterocycles. The van der Waals surface area contributed by atoms with Crippen molar-refractivity contribution in [1.82, 2.24) is 5.32 Å². The first-order chi connectivity index (χ1) is 10.1. The summed E-state index contributed by atoms with van der Waals surface area (Å²) >= 11 is 5.96. The van der Waals surface area contributed by atoms with Crippen LogP contribution in [0.4, 0.5) is 5.69 Å². The highest BCUT2D eigenvalue weighted by Crippen LogP contribution is 2.27. The summed E-state index contributed by atoms with van der Waals surface area (Å²) in [6.07, 6.45) is 2.89. The van der Waals surface area contributed by atoms with E-state index >= 15 is 0 Å². The summed E-state index contributed by atoms with van der Waals surface area (Å²) in [6.45, 7) is 2.70. The molecule has 0 aliphatic carbocycles. The Hall–Kier alpha value is -1.75. The van der Waals surface area contributed by atoms with Crippen molar-refractivity contribution in [3.8, 4) is 5.75 Å². The van der Waals surface area contributed by atoms with E-state index in [4.69, 9.17) is 16.3 Å². The minimum absolute atomic E-state index is 0.199. The zero-order chi connectivity index (χ0) is 15.7. The monoisotopic (exact) mass is 312 g/mol. The van der Waals surface area contributed by atoms with Gasteiger partial charge in [-0.2, -0.15) is 0 Å². The third-order valence-electron chi connectivity index (χ3n) is 2.86. The highest BCUT2D eigenvalue weighted by Gasteiger charge is 2.10. The van der Waals surface area contributed by atoms with Crippen molar-refractivity contribution < 1.29 is 14.3 Å². The minimum Gasteiger partial charge on any atom is -0.495 e. The number of hydrogen-bond donors (Lipinski definition) is 2. The molecule has 0 spiro atoms. The highest BCUT2D eigenvalue weighted by atomic mass is 35.5. The van der Waals surface area contributed by atoms with Crippen molar-refractivity contribution in [1.29, 1.82) is 0 Å². The first kappa shape index (κ1) is 17.3. The van der Waals surface area contributed by atoms with Crippen LogP contribution in [0.3, 0.4) is 0 Å². The predicted octanol–water partition coefficient (Wildman–Crippen LogP) is 2.98. The Balaban J connectivity index is 2.39. The molecule has 5 nitrogen and oxygen atoms in total.